The molecule has 4 heteroatoms. The Balaban J connectivity index is 2.21. The SMILES string of the molecule is COc1ccc(-c2nc(CCS)cs2)cc1. The molecule has 1 aromatic carbocycles. The minimum Gasteiger partial charge on any atom is -0.497 e. The lowest BCUT2D eigenvalue weighted by molar-refractivity contribution is 0.415. The number of aryl methyl sites for hydroxylation is 1. The molecular weight excluding hydrogens is 238 g/mol. The van der Waals surface area contributed by atoms with Crippen LogP contribution < -0.4 is 4.74 Å². The van der Waals surface area contributed by atoms with Crippen molar-refractivity contribution in [2.24, 2.45) is 0 Å². The number of rotatable bonds is 4. The summed E-state index contributed by atoms with van der Waals surface area (Å²) in [4.78, 5) is 4.55. The molecule has 0 atom stereocenters. The van der Waals surface area contributed by atoms with Crippen molar-refractivity contribution in [2.75, 3.05) is 12.9 Å². The Bertz CT molecular complexity index is 450. The van der Waals surface area contributed by atoms with Gasteiger partial charge in [0.25, 0.3) is 0 Å². The number of thiazole rings is 1. The van der Waals surface area contributed by atoms with Crippen LogP contribution in [0.3, 0.4) is 0 Å². The van der Waals surface area contributed by atoms with E-state index >= 15 is 0 Å². The van der Waals surface area contributed by atoms with Crippen LogP contribution in [0.25, 0.3) is 10.6 Å². The summed E-state index contributed by atoms with van der Waals surface area (Å²) in [5.41, 5.74) is 2.25. The third kappa shape index (κ3) is 2.57. The van der Waals surface area contributed by atoms with Crippen LogP contribution in [0.4, 0.5) is 0 Å². The molecule has 0 aliphatic carbocycles. The summed E-state index contributed by atoms with van der Waals surface area (Å²) in [7, 11) is 1.67. The molecular formula is C12H13NOS2. The average molecular weight is 251 g/mol. The van der Waals surface area contributed by atoms with Gasteiger partial charge in [0.2, 0.25) is 0 Å². The Morgan fingerprint density at radius 2 is 2.06 bits per heavy atom. The van der Waals surface area contributed by atoms with E-state index in [0.717, 1.165) is 34.2 Å². The number of nitrogens with zero attached hydrogens (tertiary/aromatic N) is 1. The van der Waals surface area contributed by atoms with Gasteiger partial charge in [-0.3, -0.25) is 0 Å². The van der Waals surface area contributed by atoms with Crippen LogP contribution in [0.1, 0.15) is 5.69 Å². The van der Waals surface area contributed by atoms with Gasteiger partial charge >= 0.3 is 0 Å². The standard InChI is InChI=1S/C12H13NOS2/c1-14-11-4-2-9(3-5-11)12-13-10(6-7-15)8-16-12/h2-5,8,15H,6-7H2,1H3. The quantitative estimate of drug-likeness (QED) is 0.842. The molecule has 2 nitrogen and oxygen atoms in total. The van der Waals surface area contributed by atoms with Crippen LogP contribution in [0.5, 0.6) is 5.75 Å². The molecule has 0 spiro atoms. The largest absolute Gasteiger partial charge is 0.497 e. The maximum atomic E-state index is 5.12. The highest BCUT2D eigenvalue weighted by Gasteiger charge is 2.04. The zero-order chi connectivity index (χ0) is 11.4. The van der Waals surface area contributed by atoms with Crippen molar-refractivity contribution in [3.05, 3.63) is 35.3 Å². The highest BCUT2D eigenvalue weighted by Crippen LogP contribution is 2.25. The molecule has 0 radical (unpaired) electrons. The second-order valence-corrected chi connectivity index (χ2v) is 4.65. The Morgan fingerprint density at radius 1 is 1.31 bits per heavy atom. The predicted molar refractivity (Wildman–Crippen MR) is 71.7 cm³/mol. The van der Waals surface area contributed by atoms with Gasteiger partial charge in [-0.05, 0) is 36.4 Å². The normalized spacial score (nSPS) is 10.4. The molecule has 2 aromatic rings. The van der Waals surface area contributed by atoms with Crippen LogP contribution >= 0.6 is 24.0 Å². The van der Waals surface area contributed by atoms with E-state index in [1.54, 1.807) is 18.4 Å². The third-order valence-electron chi connectivity index (χ3n) is 2.26. The number of benzene rings is 1. The summed E-state index contributed by atoms with van der Waals surface area (Å²) in [6.07, 6.45) is 0.926. The Morgan fingerprint density at radius 3 is 2.69 bits per heavy atom. The molecule has 0 N–H and O–H groups in total. The number of hydrogen-bond acceptors (Lipinski definition) is 4. The van der Waals surface area contributed by atoms with Gasteiger partial charge < -0.3 is 4.74 Å². The van der Waals surface area contributed by atoms with E-state index in [9.17, 15) is 0 Å². The van der Waals surface area contributed by atoms with Crippen molar-refractivity contribution >= 4 is 24.0 Å². The molecule has 84 valence electrons. The number of ether oxygens (including phenoxy) is 1. The van der Waals surface area contributed by atoms with E-state index in [1.807, 2.05) is 24.3 Å². The summed E-state index contributed by atoms with van der Waals surface area (Å²) in [6.45, 7) is 0. The molecule has 0 bridgehead atoms. The van der Waals surface area contributed by atoms with E-state index in [2.05, 4.69) is 23.0 Å². The molecule has 2 rings (SSSR count). The minimum absolute atomic E-state index is 0.839. The topological polar surface area (TPSA) is 22.1 Å². The van der Waals surface area contributed by atoms with Crippen LogP contribution in [0.2, 0.25) is 0 Å². The van der Waals surface area contributed by atoms with E-state index in [0.29, 0.717) is 0 Å². The summed E-state index contributed by atoms with van der Waals surface area (Å²) in [6, 6.07) is 7.97. The third-order valence-corrected chi connectivity index (χ3v) is 3.42. The number of thiol groups is 1. The van der Waals surface area contributed by atoms with Crippen molar-refractivity contribution in [1.29, 1.82) is 0 Å². The molecule has 1 aromatic heterocycles. The molecule has 16 heavy (non-hydrogen) atoms. The summed E-state index contributed by atoms with van der Waals surface area (Å²) in [5.74, 6) is 1.71. The lowest BCUT2D eigenvalue weighted by Crippen LogP contribution is -1.86. The minimum atomic E-state index is 0.839. The maximum Gasteiger partial charge on any atom is 0.123 e. The van der Waals surface area contributed by atoms with E-state index < -0.39 is 0 Å². The van der Waals surface area contributed by atoms with Gasteiger partial charge in [-0.2, -0.15) is 12.6 Å². The Hall–Kier alpha value is -1.00. The van der Waals surface area contributed by atoms with Gasteiger partial charge in [-0.15, -0.1) is 11.3 Å². The van der Waals surface area contributed by atoms with Crippen molar-refractivity contribution in [3.63, 3.8) is 0 Å². The first-order chi connectivity index (χ1) is 7.83. The molecule has 0 saturated carbocycles. The van der Waals surface area contributed by atoms with Crippen LogP contribution in [0, 0.1) is 0 Å². The molecule has 0 fully saturated rings. The molecule has 0 saturated heterocycles. The van der Waals surface area contributed by atoms with Crippen molar-refractivity contribution in [2.45, 2.75) is 6.42 Å². The fourth-order valence-electron chi connectivity index (χ4n) is 1.40. The lowest BCUT2D eigenvalue weighted by atomic mass is 10.2. The van der Waals surface area contributed by atoms with Gasteiger partial charge in [0.15, 0.2) is 0 Å². The van der Waals surface area contributed by atoms with E-state index in [4.69, 9.17) is 4.74 Å². The maximum absolute atomic E-state index is 5.12. The molecule has 0 amide bonds. The second-order valence-electron chi connectivity index (χ2n) is 3.35. The summed E-state index contributed by atoms with van der Waals surface area (Å²) >= 11 is 5.87. The van der Waals surface area contributed by atoms with Crippen molar-refractivity contribution in [1.82, 2.24) is 4.98 Å². The number of aromatic nitrogens is 1. The van der Waals surface area contributed by atoms with Crippen LogP contribution in [0.15, 0.2) is 29.6 Å². The molecule has 0 aliphatic rings. The fraction of sp³-hybridized carbons (Fsp3) is 0.250. The van der Waals surface area contributed by atoms with Crippen molar-refractivity contribution in [3.8, 4) is 16.3 Å². The summed E-state index contributed by atoms with van der Waals surface area (Å²) in [5, 5.41) is 3.15. The van der Waals surface area contributed by atoms with Gasteiger partial charge in [0.05, 0.1) is 12.8 Å². The molecule has 1 heterocycles. The highest BCUT2D eigenvalue weighted by molar-refractivity contribution is 7.80. The van der Waals surface area contributed by atoms with Crippen LogP contribution in [-0.2, 0) is 6.42 Å². The fourth-order valence-corrected chi connectivity index (χ4v) is 2.49. The van der Waals surface area contributed by atoms with Gasteiger partial charge in [-0.25, -0.2) is 4.98 Å². The lowest BCUT2D eigenvalue weighted by Gasteiger charge is -2.00. The second kappa shape index (κ2) is 5.37. The average Bonchev–Trinajstić information content (AvgIpc) is 2.78. The van der Waals surface area contributed by atoms with Crippen LogP contribution in [-0.4, -0.2) is 17.8 Å². The first-order valence-corrected chi connectivity index (χ1v) is 6.54. The first-order valence-electron chi connectivity index (χ1n) is 5.03. The summed E-state index contributed by atoms with van der Waals surface area (Å²) < 4.78 is 5.12. The molecule has 0 aliphatic heterocycles. The van der Waals surface area contributed by atoms with Crippen molar-refractivity contribution < 1.29 is 4.74 Å². The van der Waals surface area contributed by atoms with Gasteiger partial charge in [0, 0.05) is 10.9 Å². The Labute approximate surface area is 105 Å². The monoisotopic (exact) mass is 251 g/mol. The number of hydrogen-bond donors (Lipinski definition) is 1. The zero-order valence-electron chi connectivity index (χ0n) is 9.01. The smallest absolute Gasteiger partial charge is 0.123 e. The van der Waals surface area contributed by atoms with E-state index in [-0.39, 0.29) is 0 Å². The van der Waals surface area contributed by atoms with Gasteiger partial charge in [0.1, 0.15) is 10.8 Å². The zero-order valence-corrected chi connectivity index (χ0v) is 10.7. The first kappa shape index (κ1) is 11.5. The predicted octanol–water partition coefficient (Wildman–Crippen LogP) is 3.29. The number of methoxy groups -OCH3 is 1. The molecule has 0 unspecified atom stereocenters. The highest BCUT2D eigenvalue weighted by atomic mass is 32.1. The Kier molecular flexibility index (Phi) is 3.85. The van der Waals surface area contributed by atoms with Gasteiger partial charge in [-0.1, -0.05) is 0 Å². The van der Waals surface area contributed by atoms with E-state index in [1.165, 1.54) is 0 Å².